The Bertz CT molecular complexity index is 430. The van der Waals surface area contributed by atoms with Crippen LogP contribution in [0.25, 0.3) is 0 Å². The van der Waals surface area contributed by atoms with Gasteiger partial charge in [0.15, 0.2) is 0 Å². The molecular weight excluding hydrogens is 266 g/mol. The number of benzene rings is 1. The summed E-state index contributed by atoms with van der Waals surface area (Å²) in [6.45, 7) is 6.23. The monoisotopic (exact) mass is 293 g/mol. The van der Waals surface area contributed by atoms with Gasteiger partial charge in [-0.25, -0.2) is 0 Å². The average Bonchev–Trinajstić information content (AvgIpc) is 2.51. The number of hydrogen-bond donors (Lipinski definition) is 2. The number of aliphatic hydroxyl groups excluding tert-OH is 1. The first-order valence-corrected chi connectivity index (χ1v) is 7.56. The second kappa shape index (κ2) is 8.67. The van der Waals surface area contributed by atoms with Crippen molar-refractivity contribution in [1.82, 2.24) is 5.32 Å². The molecule has 4 heteroatoms. The van der Waals surface area contributed by atoms with Crippen LogP contribution in [0.1, 0.15) is 32.8 Å². The van der Waals surface area contributed by atoms with Crippen molar-refractivity contribution in [3.63, 3.8) is 0 Å². The lowest BCUT2D eigenvalue weighted by atomic mass is 9.99. The van der Waals surface area contributed by atoms with Crippen molar-refractivity contribution in [3.8, 4) is 5.75 Å². The minimum atomic E-state index is -0.480. The molecular formula is C17H27NO3. The third-order valence-electron chi connectivity index (χ3n) is 3.93. The molecule has 1 aromatic carbocycles. The fraction of sp³-hybridized carbons (Fsp3) is 0.588. The largest absolute Gasteiger partial charge is 0.497 e. The van der Waals surface area contributed by atoms with Gasteiger partial charge in [-0.1, -0.05) is 39.3 Å². The summed E-state index contributed by atoms with van der Waals surface area (Å²) in [5.41, 5.74) is 1.10. The third kappa shape index (κ3) is 5.76. The van der Waals surface area contributed by atoms with Gasteiger partial charge in [0.1, 0.15) is 5.75 Å². The van der Waals surface area contributed by atoms with E-state index in [4.69, 9.17) is 4.74 Å². The number of carbonyl (C=O) groups is 1. The molecule has 0 saturated carbocycles. The average molecular weight is 293 g/mol. The maximum absolute atomic E-state index is 12.0. The Morgan fingerprint density at radius 2 is 1.90 bits per heavy atom. The molecule has 0 fully saturated rings. The highest BCUT2D eigenvalue weighted by Crippen LogP contribution is 2.15. The quantitative estimate of drug-likeness (QED) is 0.774. The van der Waals surface area contributed by atoms with Crippen LogP contribution in [0.4, 0.5) is 0 Å². The van der Waals surface area contributed by atoms with Gasteiger partial charge in [0.25, 0.3) is 0 Å². The normalized spacial score (nSPS) is 15.1. The van der Waals surface area contributed by atoms with E-state index in [1.54, 1.807) is 7.11 Å². The predicted octanol–water partition coefficient (Wildman–Crippen LogP) is 2.40. The van der Waals surface area contributed by atoms with Crippen molar-refractivity contribution in [2.75, 3.05) is 13.7 Å². The zero-order chi connectivity index (χ0) is 15.8. The van der Waals surface area contributed by atoms with Crippen LogP contribution in [-0.2, 0) is 11.2 Å². The van der Waals surface area contributed by atoms with E-state index >= 15 is 0 Å². The zero-order valence-corrected chi connectivity index (χ0v) is 13.4. The van der Waals surface area contributed by atoms with Crippen LogP contribution < -0.4 is 10.1 Å². The summed E-state index contributed by atoms with van der Waals surface area (Å²) in [5.74, 6) is 0.866. The van der Waals surface area contributed by atoms with E-state index < -0.39 is 6.10 Å². The lowest BCUT2D eigenvalue weighted by Crippen LogP contribution is -2.38. The molecule has 0 aliphatic rings. The number of amides is 1. The molecule has 2 N–H and O–H groups in total. The van der Waals surface area contributed by atoms with Crippen LogP contribution in [0.3, 0.4) is 0 Å². The molecule has 0 bridgehead atoms. The summed E-state index contributed by atoms with van der Waals surface area (Å²) in [6.07, 6.45) is 1.10. The molecule has 3 atom stereocenters. The Morgan fingerprint density at radius 1 is 1.29 bits per heavy atom. The molecule has 118 valence electrons. The summed E-state index contributed by atoms with van der Waals surface area (Å²) in [4.78, 5) is 12.0. The number of rotatable bonds is 8. The SMILES string of the molecule is CCC(C)C(O)CNC(=O)C(C)Cc1ccc(OC)cc1. The number of methoxy groups -OCH3 is 1. The number of hydrogen-bond acceptors (Lipinski definition) is 3. The lowest BCUT2D eigenvalue weighted by Gasteiger charge is -2.19. The van der Waals surface area contributed by atoms with Gasteiger partial charge in [0, 0.05) is 12.5 Å². The zero-order valence-electron chi connectivity index (χ0n) is 13.4. The number of nitrogens with one attached hydrogen (secondary N) is 1. The van der Waals surface area contributed by atoms with Gasteiger partial charge in [-0.2, -0.15) is 0 Å². The van der Waals surface area contributed by atoms with Crippen molar-refractivity contribution in [2.24, 2.45) is 11.8 Å². The van der Waals surface area contributed by atoms with Crippen molar-refractivity contribution in [1.29, 1.82) is 0 Å². The molecule has 0 saturated heterocycles. The summed E-state index contributed by atoms with van der Waals surface area (Å²) in [6, 6.07) is 7.73. The summed E-state index contributed by atoms with van der Waals surface area (Å²) < 4.78 is 5.11. The van der Waals surface area contributed by atoms with Crippen molar-refractivity contribution in [3.05, 3.63) is 29.8 Å². The van der Waals surface area contributed by atoms with Crippen LogP contribution in [0.5, 0.6) is 5.75 Å². The van der Waals surface area contributed by atoms with E-state index in [2.05, 4.69) is 5.32 Å². The highest BCUT2D eigenvalue weighted by molar-refractivity contribution is 5.78. The second-order valence-corrected chi connectivity index (χ2v) is 5.65. The first-order valence-electron chi connectivity index (χ1n) is 7.56. The molecule has 0 heterocycles. The minimum absolute atomic E-state index is 0.0202. The molecule has 0 spiro atoms. The summed E-state index contributed by atoms with van der Waals surface area (Å²) in [7, 11) is 1.63. The van der Waals surface area contributed by atoms with Crippen LogP contribution in [0.2, 0.25) is 0 Å². The number of ether oxygens (including phenoxy) is 1. The Labute approximate surface area is 127 Å². The van der Waals surface area contributed by atoms with Crippen molar-refractivity contribution in [2.45, 2.75) is 39.7 Å². The fourth-order valence-corrected chi connectivity index (χ4v) is 2.06. The van der Waals surface area contributed by atoms with Crippen LogP contribution >= 0.6 is 0 Å². The molecule has 0 aromatic heterocycles. The second-order valence-electron chi connectivity index (χ2n) is 5.65. The molecule has 0 aliphatic heterocycles. The maximum Gasteiger partial charge on any atom is 0.223 e. The summed E-state index contributed by atoms with van der Waals surface area (Å²) in [5, 5.41) is 12.7. The van der Waals surface area contributed by atoms with Crippen LogP contribution in [0, 0.1) is 11.8 Å². The Hall–Kier alpha value is -1.55. The standard InChI is InChI=1S/C17H27NO3/c1-5-12(2)16(19)11-18-17(20)13(3)10-14-6-8-15(21-4)9-7-14/h6-9,12-13,16,19H,5,10-11H2,1-4H3,(H,18,20). The van der Waals surface area contributed by atoms with Gasteiger partial charge >= 0.3 is 0 Å². The first-order chi connectivity index (χ1) is 9.97. The summed E-state index contributed by atoms with van der Waals surface area (Å²) >= 11 is 0. The first kappa shape index (κ1) is 17.5. The van der Waals surface area contributed by atoms with Gasteiger partial charge in [-0.15, -0.1) is 0 Å². The fourth-order valence-electron chi connectivity index (χ4n) is 2.06. The van der Waals surface area contributed by atoms with E-state index in [1.807, 2.05) is 45.0 Å². The Kier molecular flexibility index (Phi) is 7.23. The minimum Gasteiger partial charge on any atom is -0.497 e. The van der Waals surface area contributed by atoms with E-state index in [9.17, 15) is 9.90 Å². The third-order valence-corrected chi connectivity index (χ3v) is 3.93. The molecule has 1 rings (SSSR count). The van der Waals surface area contributed by atoms with Gasteiger partial charge in [-0.05, 0) is 30.0 Å². The van der Waals surface area contributed by atoms with Gasteiger partial charge in [-0.3, -0.25) is 4.79 Å². The molecule has 4 nitrogen and oxygen atoms in total. The topological polar surface area (TPSA) is 58.6 Å². The van der Waals surface area contributed by atoms with Crippen LogP contribution in [-0.4, -0.2) is 30.8 Å². The van der Waals surface area contributed by atoms with E-state index in [0.29, 0.717) is 13.0 Å². The smallest absolute Gasteiger partial charge is 0.223 e. The number of carbonyl (C=O) groups excluding carboxylic acids is 1. The highest BCUT2D eigenvalue weighted by atomic mass is 16.5. The molecule has 1 amide bonds. The van der Waals surface area contributed by atoms with Gasteiger partial charge in [0.2, 0.25) is 5.91 Å². The molecule has 0 radical (unpaired) electrons. The molecule has 0 aliphatic carbocycles. The maximum atomic E-state index is 12.0. The highest BCUT2D eigenvalue weighted by Gasteiger charge is 2.17. The van der Waals surface area contributed by atoms with Gasteiger partial charge in [0.05, 0.1) is 13.2 Å². The van der Waals surface area contributed by atoms with Gasteiger partial charge < -0.3 is 15.2 Å². The van der Waals surface area contributed by atoms with E-state index in [-0.39, 0.29) is 17.7 Å². The Morgan fingerprint density at radius 3 is 2.43 bits per heavy atom. The lowest BCUT2D eigenvalue weighted by molar-refractivity contribution is -0.125. The predicted molar refractivity (Wildman–Crippen MR) is 84.3 cm³/mol. The van der Waals surface area contributed by atoms with Crippen molar-refractivity contribution >= 4 is 5.91 Å². The Balaban J connectivity index is 2.43. The van der Waals surface area contributed by atoms with E-state index in [1.165, 1.54) is 0 Å². The van der Waals surface area contributed by atoms with Crippen molar-refractivity contribution < 1.29 is 14.6 Å². The molecule has 21 heavy (non-hydrogen) atoms. The molecule has 3 unspecified atom stereocenters. The number of aliphatic hydroxyl groups is 1. The van der Waals surface area contributed by atoms with E-state index in [0.717, 1.165) is 17.7 Å². The van der Waals surface area contributed by atoms with Crippen LogP contribution in [0.15, 0.2) is 24.3 Å². The molecule has 1 aromatic rings.